The summed E-state index contributed by atoms with van der Waals surface area (Å²) in [5.74, 6) is -0.462. The van der Waals surface area contributed by atoms with Crippen molar-refractivity contribution in [2.45, 2.75) is 6.04 Å². The third-order valence-electron chi connectivity index (χ3n) is 6.09. The molecule has 1 saturated heterocycles. The standard InChI is InChI=1S/C27H20N2O7/c1-33-20-5-3-4-18(26(20)34-2)23-22(24(30)16-8-11-19-21(12-16)36-14-35-19)25(31)27(32)29(23)17-9-6-15(13-28)7-10-17/h3-12,23,30H,14H2,1-2H3/b24-22+. The summed E-state index contributed by atoms with van der Waals surface area (Å²) >= 11 is 0. The number of nitrogens with zero attached hydrogens (tertiary/aromatic N) is 2. The molecule has 0 radical (unpaired) electrons. The van der Waals surface area contributed by atoms with Crippen LogP contribution in [0.3, 0.4) is 0 Å². The van der Waals surface area contributed by atoms with E-state index in [0.29, 0.717) is 39.8 Å². The van der Waals surface area contributed by atoms with Crippen LogP contribution in [-0.2, 0) is 9.59 Å². The first kappa shape index (κ1) is 22.8. The van der Waals surface area contributed by atoms with E-state index in [2.05, 4.69) is 0 Å². The molecule has 2 aliphatic rings. The van der Waals surface area contributed by atoms with Gasteiger partial charge in [-0.2, -0.15) is 5.26 Å². The van der Waals surface area contributed by atoms with Crippen LogP contribution in [-0.4, -0.2) is 37.8 Å². The lowest BCUT2D eigenvalue weighted by Crippen LogP contribution is -2.29. The Morgan fingerprint density at radius 3 is 2.47 bits per heavy atom. The molecule has 9 nitrogen and oxygen atoms in total. The van der Waals surface area contributed by atoms with Crippen molar-refractivity contribution in [3.63, 3.8) is 0 Å². The second-order valence-electron chi connectivity index (χ2n) is 7.98. The van der Waals surface area contributed by atoms with E-state index in [1.165, 1.54) is 19.1 Å². The van der Waals surface area contributed by atoms with Crippen LogP contribution in [0.4, 0.5) is 5.69 Å². The van der Waals surface area contributed by atoms with Gasteiger partial charge in [-0.05, 0) is 48.5 Å². The molecule has 1 N–H and O–H groups in total. The predicted octanol–water partition coefficient (Wildman–Crippen LogP) is 3.93. The van der Waals surface area contributed by atoms with Gasteiger partial charge in [0, 0.05) is 16.8 Å². The van der Waals surface area contributed by atoms with Crippen molar-refractivity contribution in [1.82, 2.24) is 0 Å². The molecule has 0 aromatic heterocycles. The van der Waals surface area contributed by atoms with E-state index in [-0.39, 0.29) is 23.7 Å². The van der Waals surface area contributed by atoms with E-state index < -0.39 is 17.7 Å². The monoisotopic (exact) mass is 484 g/mol. The Kier molecular flexibility index (Phi) is 5.70. The van der Waals surface area contributed by atoms with Crippen molar-refractivity contribution in [3.8, 4) is 29.1 Å². The maximum atomic E-state index is 13.4. The molecular formula is C27H20N2O7. The molecule has 0 spiro atoms. The number of aliphatic hydroxyl groups excluding tert-OH is 1. The highest BCUT2D eigenvalue weighted by atomic mass is 16.7. The zero-order valence-electron chi connectivity index (χ0n) is 19.3. The van der Waals surface area contributed by atoms with E-state index >= 15 is 0 Å². The number of carbonyl (C=O) groups excluding carboxylic acids is 2. The van der Waals surface area contributed by atoms with Gasteiger partial charge in [-0.1, -0.05) is 12.1 Å². The molecule has 5 rings (SSSR count). The quantitative estimate of drug-likeness (QED) is 0.329. The van der Waals surface area contributed by atoms with Crippen LogP contribution >= 0.6 is 0 Å². The molecule has 36 heavy (non-hydrogen) atoms. The number of Topliss-reactive ketones (excluding diaryl/α,β-unsaturated/α-hetero) is 1. The van der Waals surface area contributed by atoms with Crippen LogP contribution < -0.4 is 23.8 Å². The van der Waals surface area contributed by atoms with E-state index in [4.69, 9.17) is 18.9 Å². The summed E-state index contributed by atoms with van der Waals surface area (Å²) in [6.45, 7) is 0.0453. The molecular weight excluding hydrogens is 464 g/mol. The van der Waals surface area contributed by atoms with Crippen LogP contribution in [0.15, 0.2) is 66.2 Å². The molecule has 2 aliphatic heterocycles. The third kappa shape index (κ3) is 3.56. The minimum absolute atomic E-state index is 0.0453. The number of methoxy groups -OCH3 is 2. The fourth-order valence-electron chi connectivity index (χ4n) is 4.42. The molecule has 1 fully saturated rings. The molecule has 0 saturated carbocycles. The first-order chi connectivity index (χ1) is 17.5. The molecule has 180 valence electrons. The number of anilines is 1. The highest BCUT2D eigenvalue weighted by Gasteiger charge is 2.48. The van der Waals surface area contributed by atoms with Gasteiger partial charge in [0.1, 0.15) is 5.76 Å². The van der Waals surface area contributed by atoms with Gasteiger partial charge in [-0.15, -0.1) is 0 Å². The van der Waals surface area contributed by atoms with Crippen LogP contribution in [0.2, 0.25) is 0 Å². The molecule has 3 aromatic carbocycles. The Morgan fingerprint density at radius 2 is 1.78 bits per heavy atom. The average Bonchev–Trinajstić information content (AvgIpc) is 3.49. The summed E-state index contributed by atoms with van der Waals surface area (Å²) in [6, 6.07) is 17.1. The summed E-state index contributed by atoms with van der Waals surface area (Å²) in [6.07, 6.45) is 0. The van der Waals surface area contributed by atoms with Crippen molar-refractivity contribution in [1.29, 1.82) is 5.26 Å². The van der Waals surface area contributed by atoms with Crippen molar-refractivity contribution in [2.75, 3.05) is 25.9 Å². The molecule has 1 amide bonds. The van der Waals surface area contributed by atoms with Gasteiger partial charge >= 0.3 is 0 Å². The Morgan fingerprint density at radius 1 is 1.03 bits per heavy atom. The molecule has 0 aliphatic carbocycles. The summed E-state index contributed by atoms with van der Waals surface area (Å²) < 4.78 is 21.8. The van der Waals surface area contributed by atoms with Gasteiger partial charge in [0.15, 0.2) is 23.0 Å². The summed E-state index contributed by atoms with van der Waals surface area (Å²) in [5.41, 5.74) is 1.35. The lowest BCUT2D eigenvalue weighted by Gasteiger charge is -2.27. The largest absolute Gasteiger partial charge is 0.507 e. The Labute approximate surface area is 206 Å². The smallest absolute Gasteiger partial charge is 0.300 e. The van der Waals surface area contributed by atoms with Crippen LogP contribution in [0, 0.1) is 11.3 Å². The Bertz CT molecular complexity index is 1450. The van der Waals surface area contributed by atoms with Crippen LogP contribution in [0.25, 0.3) is 5.76 Å². The molecule has 3 aromatic rings. The van der Waals surface area contributed by atoms with E-state index in [0.717, 1.165) is 0 Å². The number of benzene rings is 3. The second kappa shape index (κ2) is 9.00. The van der Waals surface area contributed by atoms with Crippen LogP contribution in [0.1, 0.15) is 22.7 Å². The minimum atomic E-state index is -1.05. The van der Waals surface area contributed by atoms with Gasteiger partial charge in [0.2, 0.25) is 6.79 Å². The molecule has 1 unspecified atom stereocenters. The average molecular weight is 484 g/mol. The van der Waals surface area contributed by atoms with Crippen molar-refractivity contribution >= 4 is 23.1 Å². The molecule has 2 heterocycles. The van der Waals surface area contributed by atoms with E-state index in [1.54, 1.807) is 60.7 Å². The maximum Gasteiger partial charge on any atom is 0.300 e. The molecule has 9 heteroatoms. The fourth-order valence-corrected chi connectivity index (χ4v) is 4.42. The van der Waals surface area contributed by atoms with E-state index in [9.17, 15) is 20.0 Å². The number of rotatable bonds is 5. The van der Waals surface area contributed by atoms with Gasteiger partial charge in [-0.3, -0.25) is 14.5 Å². The van der Waals surface area contributed by atoms with Crippen molar-refractivity contribution < 1.29 is 33.6 Å². The summed E-state index contributed by atoms with van der Waals surface area (Å²) in [4.78, 5) is 28.1. The number of ketones is 1. The summed E-state index contributed by atoms with van der Waals surface area (Å²) in [5, 5.41) is 20.6. The number of amides is 1. The number of hydrogen-bond donors (Lipinski definition) is 1. The highest BCUT2D eigenvalue weighted by molar-refractivity contribution is 6.51. The predicted molar refractivity (Wildman–Crippen MR) is 128 cm³/mol. The Hall–Kier alpha value is -4.97. The van der Waals surface area contributed by atoms with Crippen LogP contribution in [0.5, 0.6) is 23.0 Å². The van der Waals surface area contributed by atoms with Gasteiger partial charge < -0.3 is 24.1 Å². The fraction of sp³-hybridized carbons (Fsp3) is 0.148. The third-order valence-corrected chi connectivity index (χ3v) is 6.09. The lowest BCUT2D eigenvalue weighted by molar-refractivity contribution is -0.132. The zero-order chi connectivity index (χ0) is 25.4. The second-order valence-corrected chi connectivity index (χ2v) is 7.98. The first-order valence-electron chi connectivity index (χ1n) is 10.9. The van der Waals surface area contributed by atoms with Gasteiger partial charge in [0.05, 0.1) is 37.5 Å². The number of ether oxygens (including phenoxy) is 4. The maximum absolute atomic E-state index is 13.4. The minimum Gasteiger partial charge on any atom is -0.507 e. The topological polar surface area (TPSA) is 118 Å². The zero-order valence-corrected chi connectivity index (χ0v) is 19.3. The van der Waals surface area contributed by atoms with Gasteiger partial charge in [0.25, 0.3) is 11.7 Å². The summed E-state index contributed by atoms with van der Waals surface area (Å²) in [7, 11) is 2.93. The van der Waals surface area contributed by atoms with Gasteiger partial charge in [-0.25, -0.2) is 0 Å². The number of para-hydroxylation sites is 1. The van der Waals surface area contributed by atoms with Crippen molar-refractivity contribution in [3.05, 3.63) is 82.9 Å². The number of carbonyl (C=O) groups is 2. The highest BCUT2D eigenvalue weighted by Crippen LogP contribution is 2.47. The number of nitriles is 1. The lowest BCUT2D eigenvalue weighted by atomic mass is 9.94. The Balaban J connectivity index is 1.75. The normalized spacial score (nSPS) is 17.7. The number of fused-ring (bicyclic) bond motifs is 1. The van der Waals surface area contributed by atoms with E-state index in [1.807, 2.05) is 6.07 Å². The first-order valence-corrected chi connectivity index (χ1v) is 10.9. The number of hydrogen-bond acceptors (Lipinski definition) is 8. The van der Waals surface area contributed by atoms with Crippen molar-refractivity contribution in [2.24, 2.45) is 0 Å². The molecule has 1 atom stereocenters. The number of aliphatic hydroxyl groups is 1. The molecule has 0 bridgehead atoms. The SMILES string of the molecule is COc1cccc(C2/C(=C(\O)c3ccc4c(c3)OCO4)C(=O)C(=O)N2c2ccc(C#N)cc2)c1OC.